The molecule has 0 aliphatic carbocycles. The van der Waals surface area contributed by atoms with Crippen molar-refractivity contribution >= 4 is 22.9 Å². The van der Waals surface area contributed by atoms with Gasteiger partial charge in [-0.2, -0.15) is 0 Å². The van der Waals surface area contributed by atoms with Gasteiger partial charge in [0.25, 0.3) is 0 Å². The summed E-state index contributed by atoms with van der Waals surface area (Å²) < 4.78 is 0. The van der Waals surface area contributed by atoms with Gasteiger partial charge in [0.15, 0.2) is 0 Å². The molecule has 0 unspecified atom stereocenters. The molecule has 0 atom stereocenters. The topological polar surface area (TPSA) is 49.3 Å². The minimum absolute atomic E-state index is 0.378. The van der Waals surface area contributed by atoms with Crippen molar-refractivity contribution in [2.45, 2.75) is 33.1 Å². The third kappa shape index (κ3) is 4.00. The van der Waals surface area contributed by atoms with Crippen molar-refractivity contribution in [3.63, 3.8) is 0 Å². The number of carboxylic acid groups (broad SMARTS) is 1. The highest BCUT2D eigenvalue weighted by molar-refractivity contribution is 5.85. The summed E-state index contributed by atoms with van der Waals surface area (Å²) in [4.78, 5) is 11.2. The number of rotatable bonds is 5. The molecule has 2 aromatic carbocycles. The summed E-state index contributed by atoms with van der Waals surface area (Å²) in [5.41, 5.74) is 6.28. The van der Waals surface area contributed by atoms with Crippen molar-refractivity contribution in [1.82, 2.24) is 0 Å². The Bertz CT molecular complexity index is 830. The Morgan fingerprint density at radius 2 is 1.48 bits per heavy atom. The van der Waals surface area contributed by atoms with Crippen LogP contribution in [0.3, 0.4) is 0 Å². The number of amides is 1. The third-order valence-electron chi connectivity index (χ3n) is 4.53. The molecule has 25 heavy (non-hydrogen) atoms. The molecule has 2 N–H and O–H groups in total. The molecule has 3 heteroatoms. The van der Waals surface area contributed by atoms with E-state index in [1.54, 1.807) is 6.07 Å². The van der Waals surface area contributed by atoms with Gasteiger partial charge in [-0.25, -0.2) is 4.79 Å². The monoisotopic (exact) mass is 335 g/mol. The van der Waals surface area contributed by atoms with Crippen molar-refractivity contribution in [3.05, 3.63) is 77.9 Å². The van der Waals surface area contributed by atoms with E-state index in [-0.39, 0.29) is 5.41 Å². The van der Waals surface area contributed by atoms with E-state index in [0.29, 0.717) is 5.69 Å². The predicted octanol–water partition coefficient (Wildman–Crippen LogP) is 6.17. The van der Waals surface area contributed by atoms with Gasteiger partial charge < -0.3 is 5.11 Å². The largest absolute Gasteiger partial charge is 0.465 e. The van der Waals surface area contributed by atoms with E-state index < -0.39 is 6.09 Å². The lowest BCUT2D eigenvalue weighted by Crippen LogP contribution is -2.22. The van der Waals surface area contributed by atoms with Gasteiger partial charge in [-0.3, -0.25) is 5.32 Å². The Balaban J connectivity index is 2.58. The Kier molecular flexibility index (Phi) is 5.17. The van der Waals surface area contributed by atoms with Crippen LogP contribution in [0, 0.1) is 0 Å². The minimum atomic E-state index is -1.07. The van der Waals surface area contributed by atoms with Crippen molar-refractivity contribution in [1.29, 1.82) is 0 Å². The molecule has 130 valence electrons. The minimum Gasteiger partial charge on any atom is -0.465 e. The normalized spacial score (nSPS) is 11.0. The standard InChI is InChI=1S/C22H25NO2/c1-14(2)16-7-10-18(11-8-16)22(5,6)19-13-17(15(3)4)9-12-20(19)23-21(24)25/h7-13,23H,1,3H2,2,4-6H3,(H,24,25). The molecular formula is C22H25NO2. The summed E-state index contributed by atoms with van der Waals surface area (Å²) in [7, 11) is 0. The second kappa shape index (κ2) is 6.98. The number of benzene rings is 2. The van der Waals surface area contributed by atoms with Gasteiger partial charge >= 0.3 is 6.09 Å². The van der Waals surface area contributed by atoms with Crippen LogP contribution in [0.1, 0.15) is 49.9 Å². The van der Waals surface area contributed by atoms with Crippen LogP contribution in [0.2, 0.25) is 0 Å². The molecule has 2 rings (SSSR count). The van der Waals surface area contributed by atoms with Crippen LogP contribution in [-0.4, -0.2) is 11.2 Å². The molecule has 0 aliphatic heterocycles. The number of carbonyl (C=O) groups is 1. The smallest absolute Gasteiger partial charge is 0.409 e. The van der Waals surface area contributed by atoms with Crippen molar-refractivity contribution in [2.24, 2.45) is 0 Å². The van der Waals surface area contributed by atoms with E-state index in [1.807, 2.05) is 38.1 Å². The third-order valence-corrected chi connectivity index (χ3v) is 4.53. The lowest BCUT2D eigenvalue weighted by Gasteiger charge is -2.29. The molecule has 0 spiro atoms. The molecule has 0 heterocycles. The van der Waals surface area contributed by atoms with Gasteiger partial charge in [0.2, 0.25) is 0 Å². The van der Waals surface area contributed by atoms with Crippen LogP contribution in [0.5, 0.6) is 0 Å². The van der Waals surface area contributed by atoms with Crippen molar-refractivity contribution < 1.29 is 9.90 Å². The summed E-state index contributed by atoms with van der Waals surface area (Å²) in [6.45, 7) is 16.1. The molecule has 0 saturated heterocycles. The average Bonchev–Trinajstić information content (AvgIpc) is 2.54. The zero-order valence-electron chi connectivity index (χ0n) is 15.3. The van der Waals surface area contributed by atoms with Crippen LogP contribution in [0.4, 0.5) is 10.5 Å². The molecule has 0 radical (unpaired) electrons. The highest BCUT2D eigenvalue weighted by Crippen LogP contribution is 2.38. The molecule has 0 aliphatic rings. The molecule has 1 amide bonds. The van der Waals surface area contributed by atoms with E-state index in [1.165, 1.54) is 0 Å². The molecule has 0 bridgehead atoms. The van der Waals surface area contributed by atoms with E-state index in [2.05, 4.69) is 44.5 Å². The summed E-state index contributed by atoms with van der Waals surface area (Å²) in [5.74, 6) is 0. The van der Waals surface area contributed by atoms with Crippen LogP contribution in [0.15, 0.2) is 55.6 Å². The Hall–Kier alpha value is -2.81. The van der Waals surface area contributed by atoms with Gasteiger partial charge in [-0.05, 0) is 48.2 Å². The fraction of sp³-hybridized carbons (Fsp3) is 0.227. The Morgan fingerprint density at radius 3 is 1.96 bits per heavy atom. The average molecular weight is 335 g/mol. The van der Waals surface area contributed by atoms with E-state index in [4.69, 9.17) is 5.11 Å². The number of anilines is 1. The quantitative estimate of drug-likeness (QED) is 0.686. The van der Waals surface area contributed by atoms with Crippen LogP contribution in [-0.2, 0) is 5.41 Å². The van der Waals surface area contributed by atoms with Crippen molar-refractivity contribution in [3.8, 4) is 0 Å². The van der Waals surface area contributed by atoms with E-state index in [0.717, 1.165) is 33.4 Å². The fourth-order valence-electron chi connectivity index (χ4n) is 2.88. The highest BCUT2D eigenvalue weighted by Gasteiger charge is 2.27. The van der Waals surface area contributed by atoms with E-state index >= 15 is 0 Å². The first-order valence-electron chi connectivity index (χ1n) is 8.19. The summed E-state index contributed by atoms with van der Waals surface area (Å²) in [5, 5.41) is 11.7. The molecule has 0 aromatic heterocycles. The second-order valence-corrected chi connectivity index (χ2v) is 6.95. The van der Waals surface area contributed by atoms with Gasteiger partial charge in [0, 0.05) is 11.1 Å². The number of hydrogen-bond donors (Lipinski definition) is 2. The van der Waals surface area contributed by atoms with Gasteiger partial charge in [0.1, 0.15) is 0 Å². The summed E-state index contributed by atoms with van der Waals surface area (Å²) in [6.07, 6.45) is -1.07. The van der Waals surface area contributed by atoms with Gasteiger partial charge in [0.05, 0.1) is 0 Å². The zero-order valence-corrected chi connectivity index (χ0v) is 15.3. The second-order valence-electron chi connectivity index (χ2n) is 6.95. The maximum absolute atomic E-state index is 11.2. The molecule has 0 fully saturated rings. The first-order valence-corrected chi connectivity index (χ1v) is 8.19. The molecule has 2 aromatic rings. The number of hydrogen-bond acceptors (Lipinski definition) is 1. The van der Waals surface area contributed by atoms with Gasteiger partial charge in [-0.1, -0.05) is 68.5 Å². The maximum atomic E-state index is 11.2. The SMILES string of the molecule is C=C(C)c1ccc(C(C)(C)c2cc(C(=C)C)ccc2NC(=O)O)cc1. The lowest BCUT2D eigenvalue weighted by molar-refractivity contribution is 0.209. The Morgan fingerprint density at radius 1 is 0.960 bits per heavy atom. The molecular weight excluding hydrogens is 310 g/mol. The molecule has 0 saturated carbocycles. The van der Waals surface area contributed by atoms with Gasteiger partial charge in [-0.15, -0.1) is 0 Å². The Labute approximate surface area is 149 Å². The van der Waals surface area contributed by atoms with E-state index in [9.17, 15) is 4.79 Å². The van der Waals surface area contributed by atoms with Crippen molar-refractivity contribution in [2.75, 3.05) is 5.32 Å². The van der Waals surface area contributed by atoms with Crippen LogP contribution in [0.25, 0.3) is 11.1 Å². The van der Waals surface area contributed by atoms with Crippen LogP contribution < -0.4 is 5.32 Å². The lowest BCUT2D eigenvalue weighted by atomic mass is 9.76. The maximum Gasteiger partial charge on any atom is 0.409 e. The number of allylic oxidation sites excluding steroid dienone is 2. The zero-order chi connectivity index (χ0) is 18.8. The first-order chi connectivity index (χ1) is 11.6. The predicted molar refractivity (Wildman–Crippen MR) is 106 cm³/mol. The summed E-state index contributed by atoms with van der Waals surface area (Å²) in [6, 6.07) is 13.9. The number of nitrogens with one attached hydrogen (secondary N) is 1. The fourth-order valence-corrected chi connectivity index (χ4v) is 2.88. The highest BCUT2D eigenvalue weighted by atomic mass is 16.4. The summed E-state index contributed by atoms with van der Waals surface area (Å²) >= 11 is 0. The molecule has 3 nitrogen and oxygen atoms in total. The van der Waals surface area contributed by atoms with Crippen LogP contribution >= 0.6 is 0 Å². The first kappa shape index (κ1) is 18.5.